The SMILES string of the molecule is CN(c1ccccc1)c1ccc(C(=O)NCCc2c[nH]c3ccc(Cl)cc23)cc1. The summed E-state index contributed by atoms with van der Waals surface area (Å²) in [7, 11) is 2.01. The molecule has 0 bridgehead atoms. The standard InChI is InChI=1S/C24H22ClN3O/c1-28(20-5-3-2-4-6-20)21-10-7-17(8-11-21)24(29)26-14-13-18-16-27-23-12-9-19(25)15-22(18)23/h2-12,15-16,27H,13-14H2,1H3,(H,26,29). The van der Waals surface area contributed by atoms with Gasteiger partial charge in [0.25, 0.3) is 5.91 Å². The summed E-state index contributed by atoms with van der Waals surface area (Å²) in [6.45, 7) is 0.559. The van der Waals surface area contributed by atoms with Crippen molar-refractivity contribution in [2.75, 3.05) is 18.5 Å². The van der Waals surface area contributed by atoms with Crippen LogP contribution >= 0.6 is 11.6 Å². The Morgan fingerprint density at radius 1 is 1.00 bits per heavy atom. The number of H-pyrrole nitrogens is 1. The molecule has 0 aliphatic rings. The molecular weight excluding hydrogens is 382 g/mol. The van der Waals surface area contributed by atoms with Gasteiger partial charge in [-0.25, -0.2) is 0 Å². The zero-order valence-corrected chi connectivity index (χ0v) is 16.9. The smallest absolute Gasteiger partial charge is 0.251 e. The summed E-state index contributed by atoms with van der Waals surface area (Å²) >= 11 is 6.10. The zero-order valence-electron chi connectivity index (χ0n) is 16.2. The lowest BCUT2D eigenvalue weighted by molar-refractivity contribution is 0.0954. The van der Waals surface area contributed by atoms with E-state index in [2.05, 4.69) is 27.3 Å². The normalized spacial score (nSPS) is 10.8. The van der Waals surface area contributed by atoms with Gasteiger partial charge in [-0.1, -0.05) is 29.8 Å². The van der Waals surface area contributed by atoms with E-state index in [1.54, 1.807) is 0 Å². The van der Waals surface area contributed by atoms with Gasteiger partial charge in [-0.3, -0.25) is 4.79 Å². The highest BCUT2D eigenvalue weighted by atomic mass is 35.5. The van der Waals surface area contributed by atoms with E-state index >= 15 is 0 Å². The topological polar surface area (TPSA) is 48.1 Å². The average molecular weight is 404 g/mol. The molecule has 0 atom stereocenters. The Morgan fingerprint density at radius 3 is 2.48 bits per heavy atom. The van der Waals surface area contributed by atoms with E-state index in [1.165, 1.54) is 0 Å². The van der Waals surface area contributed by atoms with E-state index in [-0.39, 0.29) is 5.91 Å². The predicted molar refractivity (Wildman–Crippen MR) is 120 cm³/mol. The maximum Gasteiger partial charge on any atom is 0.251 e. The van der Waals surface area contributed by atoms with Gasteiger partial charge < -0.3 is 15.2 Å². The van der Waals surface area contributed by atoms with Crippen LogP contribution in [-0.4, -0.2) is 24.5 Å². The molecule has 1 amide bonds. The van der Waals surface area contributed by atoms with Crippen molar-refractivity contribution in [1.82, 2.24) is 10.3 Å². The molecule has 0 radical (unpaired) electrons. The highest BCUT2D eigenvalue weighted by Gasteiger charge is 2.09. The molecule has 0 fully saturated rings. The Balaban J connectivity index is 1.36. The molecule has 0 spiro atoms. The molecule has 0 unspecified atom stereocenters. The molecule has 4 rings (SSSR count). The van der Waals surface area contributed by atoms with E-state index in [9.17, 15) is 4.79 Å². The molecule has 0 aliphatic carbocycles. The summed E-state index contributed by atoms with van der Waals surface area (Å²) < 4.78 is 0. The van der Waals surface area contributed by atoms with Crippen LogP contribution < -0.4 is 10.2 Å². The Labute approximate surface area is 175 Å². The van der Waals surface area contributed by atoms with E-state index in [1.807, 2.05) is 73.9 Å². The highest BCUT2D eigenvalue weighted by Crippen LogP contribution is 2.24. The van der Waals surface area contributed by atoms with Gasteiger partial charge in [-0.2, -0.15) is 0 Å². The number of carbonyl (C=O) groups excluding carboxylic acids is 1. The number of para-hydroxylation sites is 1. The Morgan fingerprint density at radius 2 is 1.72 bits per heavy atom. The molecule has 146 valence electrons. The number of benzene rings is 3. The van der Waals surface area contributed by atoms with Crippen LogP contribution in [0.3, 0.4) is 0 Å². The monoisotopic (exact) mass is 403 g/mol. The minimum atomic E-state index is -0.0724. The first kappa shape index (κ1) is 19.1. The number of halogens is 1. The van der Waals surface area contributed by atoms with Crippen molar-refractivity contribution in [2.45, 2.75) is 6.42 Å². The molecule has 0 saturated heterocycles. The molecule has 4 nitrogen and oxygen atoms in total. The number of hydrogen-bond donors (Lipinski definition) is 2. The molecule has 1 aromatic heterocycles. The number of anilines is 2. The molecule has 5 heteroatoms. The van der Waals surface area contributed by atoms with Gasteiger partial charge in [0.15, 0.2) is 0 Å². The van der Waals surface area contributed by atoms with Gasteiger partial charge in [0.2, 0.25) is 0 Å². The first-order valence-corrected chi connectivity index (χ1v) is 9.92. The summed E-state index contributed by atoms with van der Waals surface area (Å²) in [6, 6.07) is 23.5. The van der Waals surface area contributed by atoms with E-state index < -0.39 is 0 Å². The number of carbonyl (C=O) groups is 1. The van der Waals surface area contributed by atoms with Crippen molar-refractivity contribution in [3.05, 3.63) is 95.1 Å². The van der Waals surface area contributed by atoms with Crippen LogP contribution in [0.25, 0.3) is 10.9 Å². The van der Waals surface area contributed by atoms with Gasteiger partial charge in [0, 0.05) is 52.7 Å². The second-order valence-corrected chi connectivity index (χ2v) is 7.39. The van der Waals surface area contributed by atoms with Gasteiger partial charge in [-0.05, 0) is 66.6 Å². The maximum atomic E-state index is 12.5. The number of nitrogens with one attached hydrogen (secondary N) is 2. The second kappa shape index (κ2) is 8.41. The fraction of sp³-hybridized carbons (Fsp3) is 0.125. The maximum absolute atomic E-state index is 12.5. The minimum absolute atomic E-state index is 0.0724. The van der Waals surface area contributed by atoms with Gasteiger partial charge in [0.05, 0.1) is 0 Å². The van der Waals surface area contributed by atoms with Crippen LogP contribution in [0, 0.1) is 0 Å². The van der Waals surface area contributed by atoms with E-state index in [4.69, 9.17) is 11.6 Å². The number of hydrogen-bond acceptors (Lipinski definition) is 2. The van der Waals surface area contributed by atoms with Crippen LogP contribution in [0.4, 0.5) is 11.4 Å². The molecule has 0 aliphatic heterocycles. The lowest BCUT2D eigenvalue weighted by Crippen LogP contribution is -2.25. The quantitative estimate of drug-likeness (QED) is 0.442. The van der Waals surface area contributed by atoms with Gasteiger partial charge in [0.1, 0.15) is 0 Å². The van der Waals surface area contributed by atoms with Crippen LogP contribution in [0.2, 0.25) is 5.02 Å². The minimum Gasteiger partial charge on any atom is -0.361 e. The first-order chi connectivity index (χ1) is 14.1. The zero-order chi connectivity index (χ0) is 20.2. The second-order valence-electron chi connectivity index (χ2n) is 6.95. The third-order valence-corrected chi connectivity index (χ3v) is 5.30. The average Bonchev–Trinajstić information content (AvgIpc) is 3.16. The van der Waals surface area contributed by atoms with Crippen molar-refractivity contribution >= 4 is 39.8 Å². The number of rotatable bonds is 6. The largest absolute Gasteiger partial charge is 0.361 e. The van der Waals surface area contributed by atoms with Gasteiger partial charge in [-0.15, -0.1) is 0 Å². The lowest BCUT2D eigenvalue weighted by Gasteiger charge is -2.19. The van der Waals surface area contributed by atoms with Crippen molar-refractivity contribution in [1.29, 1.82) is 0 Å². The number of nitrogens with zero attached hydrogens (tertiary/aromatic N) is 1. The molecule has 29 heavy (non-hydrogen) atoms. The van der Waals surface area contributed by atoms with Crippen molar-refractivity contribution in [2.24, 2.45) is 0 Å². The number of amides is 1. The Kier molecular flexibility index (Phi) is 5.54. The molecule has 4 aromatic rings. The third-order valence-electron chi connectivity index (χ3n) is 5.07. The lowest BCUT2D eigenvalue weighted by atomic mass is 10.1. The Bertz CT molecular complexity index is 1120. The van der Waals surface area contributed by atoms with Crippen LogP contribution in [0.5, 0.6) is 0 Å². The van der Waals surface area contributed by atoms with Crippen LogP contribution in [-0.2, 0) is 6.42 Å². The van der Waals surface area contributed by atoms with Crippen molar-refractivity contribution < 1.29 is 4.79 Å². The molecule has 2 N–H and O–H groups in total. The number of aromatic amines is 1. The van der Waals surface area contributed by atoms with Crippen LogP contribution in [0.15, 0.2) is 79.0 Å². The van der Waals surface area contributed by atoms with E-state index in [0.29, 0.717) is 17.1 Å². The summed E-state index contributed by atoms with van der Waals surface area (Å²) in [5.41, 5.74) is 4.97. The number of aromatic nitrogens is 1. The first-order valence-electron chi connectivity index (χ1n) is 9.54. The fourth-order valence-corrected chi connectivity index (χ4v) is 3.58. The third kappa shape index (κ3) is 4.28. The fourth-order valence-electron chi connectivity index (χ4n) is 3.41. The van der Waals surface area contributed by atoms with E-state index in [0.717, 1.165) is 34.3 Å². The molecule has 1 heterocycles. The molecule has 3 aromatic carbocycles. The summed E-state index contributed by atoms with van der Waals surface area (Å²) in [4.78, 5) is 17.8. The number of fused-ring (bicyclic) bond motifs is 1. The Hall–Kier alpha value is -3.24. The van der Waals surface area contributed by atoms with Crippen molar-refractivity contribution in [3.63, 3.8) is 0 Å². The predicted octanol–water partition coefficient (Wildman–Crippen LogP) is 5.56. The van der Waals surface area contributed by atoms with Gasteiger partial charge >= 0.3 is 0 Å². The van der Waals surface area contributed by atoms with Crippen molar-refractivity contribution in [3.8, 4) is 0 Å². The van der Waals surface area contributed by atoms with Crippen LogP contribution in [0.1, 0.15) is 15.9 Å². The summed E-state index contributed by atoms with van der Waals surface area (Å²) in [5.74, 6) is -0.0724. The molecule has 0 saturated carbocycles. The summed E-state index contributed by atoms with van der Waals surface area (Å²) in [6.07, 6.45) is 2.71. The molecular formula is C24H22ClN3O. The highest BCUT2D eigenvalue weighted by molar-refractivity contribution is 6.31. The summed E-state index contributed by atoms with van der Waals surface area (Å²) in [5, 5.41) is 4.81.